The first kappa shape index (κ1) is 20.0. The van der Waals surface area contributed by atoms with Crippen molar-refractivity contribution in [3.63, 3.8) is 0 Å². The number of nitrogens with zero attached hydrogens (tertiary/aromatic N) is 4. The maximum Gasteiger partial charge on any atom is 0.262 e. The van der Waals surface area contributed by atoms with E-state index in [1.807, 2.05) is 0 Å². The lowest BCUT2D eigenvalue weighted by Gasteiger charge is -2.27. The maximum absolute atomic E-state index is 14.2. The molecule has 5 rings (SSSR count). The second kappa shape index (κ2) is 7.34. The first-order chi connectivity index (χ1) is 15.3. The van der Waals surface area contributed by atoms with Crippen LogP contribution in [0, 0.1) is 5.82 Å². The summed E-state index contributed by atoms with van der Waals surface area (Å²) in [7, 11) is 0. The normalized spacial score (nSPS) is 18.2. The van der Waals surface area contributed by atoms with Crippen LogP contribution in [0.15, 0.2) is 42.6 Å². The molecule has 2 aromatic carbocycles. The Morgan fingerprint density at radius 1 is 1.06 bits per heavy atom. The molecule has 2 aliphatic rings. The van der Waals surface area contributed by atoms with Gasteiger partial charge in [-0.15, -0.1) is 5.10 Å². The van der Waals surface area contributed by atoms with Crippen LogP contribution >= 0.6 is 11.6 Å². The first-order valence-corrected chi connectivity index (χ1v) is 9.95. The molecule has 3 aromatic rings. The maximum atomic E-state index is 14.2. The van der Waals surface area contributed by atoms with Gasteiger partial charge in [0.2, 0.25) is 11.8 Å². The highest BCUT2D eigenvalue weighted by atomic mass is 35.5. The van der Waals surface area contributed by atoms with Crippen molar-refractivity contribution in [3.05, 3.63) is 64.6 Å². The summed E-state index contributed by atoms with van der Waals surface area (Å²) in [5.41, 5.74) is 0.929. The van der Waals surface area contributed by atoms with Crippen molar-refractivity contribution in [2.45, 2.75) is 18.9 Å². The minimum absolute atomic E-state index is 0.0371. The molecule has 32 heavy (non-hydrogen) atoms. The van der Waals surface area contributed by atoms with E-state index in [0.29, 0.717) is 5.69 Å². The predicted octanol–water partition coefficient (Wildman–Crippen LogP) is 2.13. The number of hydrogen-bond donors (Lipinski definition) is 1. The third kappa shape index (κ3) is 3.07. The van der Waals surface area contributed by atoms with Crippen LogP contribution in [0.1, 0.15) is 33.6 Å². The number of carbonyl (C=O) groups is 4. The van der Waals surface area contributed by atoms with Gasteiger partial charge in [0.15, 0.2) is 0 Å². The summed E-state index contributed by atoms with van der Waals surface area (Å²) >= 11 is 6.08. The Balaban J connectivity index is 1.48. The van der Waals surface area contributed by atoms with Gasteiger partial charge in [-0.1, -0.05) is 22.9 Å². The van der Waals surface area contributed by atoms with Gasteiger partial charge < -0.3 is 0 Å². The number of imide groups is 2. The van der Waals surface area contributed by atoms with Crippen LogP contribution in [0.3, 0.4) is 0 Å². The standard InChI is InChI=1S/C21H13ClFN5O4/c22-13-2-1-3-14(23)18(13)15-9-27(26-25-15)10-4-5-11-12(8-10)21(32)28(20(11)31)16-6-7-17(29)24-19(16)30/h1-5,8-9,16H,6-7H2,(H,24,29,30). The number of halogens is 2. The van der Waals surface area contributed by atoms with Crippen LogP contribution < -0.4 is 5.32 Å². The molecule has 0 spiro atoms. The van der Waals surface area contributed by atoms with Gasteiger partial charge in [-0.3, -0.25) is 29.4 Å². The number of piperidine rings is 1. The molecule has 160 valence electrons. The lowest BCUT2D eigenvalue weighted by molar-refractivity contribution is -0.136. The predicted molar refractivity (Wildman–Crippen MR) is 108 cm³/mol. The van der Waals surface area contributed by atoms with Gasteiger partial charge in [-0.25, -0.2) is 9.07 Å². The van der Waals surface area contributed by atoms with E-state index in [1.165, 1.54) is 41.2 Å². The Labute approximate surface area is 184 Å². The fourth-order valence-corrected chi connectivity index (χ4v) is 4.11. The number of nitrogens with one attached hydrogen (secondary N) is 1. The molecule has 3 heterocycles. The van der Waals surface area contributed by atoms with Gasteiger partial charge in [0.1, 0.15) is 17.6 Å². The smallest absolute Gasteiger partial charge is 0.262 e. The lowest BCUT2D eigenvalue weighted by Crippen LogP contribution is -2.54. The number of benzene rings is 2. The van der Waals surface area contributed by atoms with E-state index in [4.69, 9.17) is 11.6 Å². The van der Waals surface area contributed by atoms with E-state index in [9.17, 15) is 23.6 Å². The summed E-state index contributed by atoms with van der Waals surface area (Å²) in [6, 6.07) is 7.66. The monoisotopic (exact) mass is 453 g/mol. The molecular weight excluding hydrogens is 441 g/mol. The number of hydrogen-bond acceptors (Lipinski definition) is 6. The number of carbonyl (C=O) groups excluding carboxylic acids is 4. The molecule has 1 unspecified atom stereocenters. The van der Waals surface area contributed by atoms with E-state index in [1.54, 1.807) is 6.07 Å². The largest absolute Gasteiger partial charge is 0.295 e. The number of rotatable bonds is 3. The molecule has 0 bridgehead atoms. The van der Waals surface area contributed by atoms with Crippen LogP contribution in [0.25, 0.3) is 16.9 Å². The van der Waals surface area contributed by atoms with Gasteiger partial charge in [0.25, 0.3) is 11.8 Å². The quantitative estimate of drug-likeness (QED) is 0.608. The summed E-state index contributed by atoms with van der Waals surface area (Å²) in [5, 5.41) is 10.3. The van der Waals surface area contributed by atoms with Crippen LogP contribution in [0.2, 0.25) is 5.02 Å². The zero-order valence-electron chi connectivity index (χ0n) is 16.2. The molecule has 4 amide bonds. The second-order valence-corrected chi connectivity index (χ2v) is 7.73. The third-order valence-electron chi connectivity index (χ3n) is 5.40. The van der Waals surface area contributed by atoms with E-state index < -0.39 is 35.5 Å². The summed E-state index contributed by atoms with van der Waals surface area (Å²) in [5.74, 6) is -2.93. The molecular formula is C21H13ClFN5O4. The van der Waals surface area contributed by atoms with Crippen molar-refractivity contribution in [2.75, 3.05) is 0 Å². The van der Waals surface area contributed by atoms with Crippen molar-refractivity contribution in [3.8, 4) is 16.9 Å². The molecule has 2 aliphatic heterocycles. The van der Waals surface area contributed by atoms with E-state index in [-0.39, 0.29) is 40.2 Å². The van der Waals surface area contributed by atoms with Crippen LogP contribution in [0.5, 0.6) is 0 Å². The molecule has 1 saturated heterocycles. The highest BCUT2D eigenvalue weighted by Crippen LogP contribution is 2.31. The zero-order chi connectivity index (χ0) is 22.6. The Morgan fingerprint density at radius 3 is 2.59 bits per heavy atom. The SMILES string of the molecule is O=C1CCC(N2C(=O)c3ccc(-n4cc(-c5c(F)cccc5Cl)nn4)cc3C2=O)C(=O)N1. The zero-order valence-corrected chi connectivity index (χ0v) is 17.0. The Kier molecular flexibility index (Phi) is 4.59. The second-order valence-electron chi connectivity index (χ2n) is 7.32. The minimum atomic E-state index is -1.05. The van der Waals surface area contributed by atoms with Gasteiger partial charge in [-0.2, -0.15) is 0 Å². The molecule has 1 atom stereocenters. The van der Waals surface area contributed by atoms with E-state index in [0.717, 1.165) is 4.90 Å². The van der Waals surface area contributed by atoms with Crippen LogP contribution in [-0.2, 0) is 9.59 Å². The molecule has 0 saturated carbocycles. The molecule has 0 radical (unpaired) electrons. The van der Waals surface area contributed by atoms with Crippen LogP contribution in [-0.4, -0.2) is 49.6 Å². The number of amides is 4. The van der Waals surface area contributed by atoms with Crippen molar-refractivity contribution in [2.24, 2.45) is 0 Å². The molecule has 1 fully saturated rings. The topological polar surface area (TPSA) is 114 Å². The average molecular weight is 454 g/mol. The average Bonchev–Trinajstić information content (AvgIpc) is 3.32. The molecule has 11 heteroatoms. The van der Waals surface area contributed by atoms with E-state index in [2.05, 4.69) is 15.6 Å². The Hall–Kier alpha value is -3.92. The highest BCUT2D eigenvalue weighted by molar-refractivity contribution is 6.33. The number of aromatic nitrogens is 3. The Bertz CT molecular complexity index is 1320. The van der Waals surface area contributed by atoms with Gasteiger partial charge in [-0.05, 0) is 36.8 Å². The van der Waals surface area contributed by atoms with Crippen molar-refractivity contribution in [1.29, 1.82) is 0 Å². The van der Waals surface area contributed by atoms with Gasteiger partial charge in [0, 0.05) is 6.42 Å². The molecule has 1 N–H and O–H groups in total. The van der Waals surface area contributed by atoms with Crippen LogP contribution in [0.4, 0.5) is 4.39 Å². The van der Waals surface area contributed by atoms with Gasteiger partial charge >= 0.3 is 0 Å². The summed E-state index contributed by atoms with van der Waals surface area (Å²) < 4.78 is 15.5. The van der Waals surface area contributed by atoms with E-state index >= 15 is 0 Å². The lowest BCUT2D eigenvalue weighted by atomic mass is 10.0. The van der Waals surface area contributed by atoms with Crippen molar-refractivity contribution in [1.82, 2.24) is 25.2 Å². The first-order valence-electron chi connectivity index (χ1n) is 9.58. The minimum Gasteiger partial charge on any atom is -0.295 e. The number of fused-ring (bicyclic) bond motifs is 1. The van der Waals surface area contributed by atoms with Crippen molar-refractivity contribution >= 4 is 35.2 Å². The fourth-order valence-electron chi connectivity index (χ4n) is 3.85. The highest BCUT2D eigenvalue weighted by Gasteiger charge is 2.44. The molecule has 0 aliphatic carbocycles. The summed E-state index contributed by atoms with van der Waals surface area (Å²) in [6.45, 7) is 0. The summed E-state index contributed by atoms with van der Waals surface area (Å²) in [4.78, 5) is 50.2. The molecule has 1 aromatic heterocycles. The third-order valence-corrected chi connectivity index (χ3v) is 5.72. The summed E-state index contributed by atoms with van der Waals surface area (Å²) in [6.07, 6.45) is 1.56. The van der Waals surface area contributed by atoms with Gasteiger partial charge in [0.05, 0.1) is 33.6 Å². The molecule has 9 nitrogen and oxygen atoms in total. The Morgan fingerprint density at radius 2 is 1.84 bits per heavy atom. The van der Waals surface area contributed by atoms with Crippen molar-refractivity contribution < 1.29 is 23.6 Å². The fraction of sp³-hybridized carbons (Fsp3) is 0.143.